The molecule has 114 valence electrons. The van der Waals surface area contributed by atoms with E-state index in [-0.39, 0.29) is 11.9 Å². The van der Waals surface area contributed by atoms with Crippen LogP contribution in [0.4, 0.5) is 10.5 Å². The number of hydrogen-bond donors (Lipinski definition) is 2. The summed E-state index contributed by atoms with van der Waals surface area (Å²) in [7, 11) is 0. The van der Waals surface area contributed by atoms with Crippen molar-refractivity contribution in [1.29, 1.82) is 0 Å². The molecule has 2 rings (SSSR count). The lowest BCUT2D eigenvalue weighted by Gasteiger charge is -2.23. The van der Waals surface area contributed by atoms with E-state index in [2.05, 4.69) is 26.6 Å². The minimum Gasteiger partial charge on any atom is -0.341 e. The summed E-state index contributed by atoms with van der Waals surface area (Å²) in [6, 6.07) is 6.54. The normalized spacial score (nSPS) is 19.0. The van der Waals surface area contributed by atoms with E-state index in [4.69, 9.17) is 0 Å². The van der Waals surface area contributed by atoms with Crippen LogP contribution >= 0.6 is 15.9 Å². The Morgan fingerprint density at radius 1 is 1.33 bits per heavy atom. The van der Waals surface area contributed by atoms with E-state index in [0.29, 0.717) is 18.7 Å². The molecule has 1 aliphatic heterocycles. The minimum atomic E-state index is -0.428. The van der Waals surface area contributed by atoms with Crippen molar-refractivity contribution in [3.05, 3.63) is 28.7 Å². The lowest BCUT2D eigenvalue weighted by molar-refractivity contribution is -0.132. The fourth-order valence-corrected chi connectivity index (χ4v) is 2.68. The van der Waals surface area contributed by atoms with Gasteiger partial charge in [0.2, 0.25) is 5.91 Å². The quantitative estimate of drug-likeness (QED) is 0.877. The minimum absolute atomic E-state index is 0.0148. The molecule has 1 aliphatic rings. The van der Waals surface area contributed by atoms with Gasteiger partial charge >= 0.3 is 6.03 Å². The average molecular weight is 354 g/mol. The molecule has 0 radical (unpaired) electrons. The number of nitrogens with zero attached hydrogens (tertiary/aromatic N) is 1. The predicted octanol–water partition coefficient (Wildman–Crippen LogP) is 2.97. The van der Waals surface area contributed by atoms with Gasteiger partial charge in [-0.25, -0.2) is 4.79 Å². The van der Waals surface area contributed by atoms with E-state index in [9.17, 15) is 9.59 Å². The number of anilines is 1. The summed E-state index contributed by atoms with van der Waals surface area (Å²) < 4.78 is 0.950. The van der Waals surface area contributed by atoms with E-state index in [1.165, 1.54) is 0 Å². The number of hydrogen-bond acceptors (Lipinski definition) is 2. The number of carbonyl (C=O) groups excluding carboxylic acids is 2. The number of urea groups is 1. The number of amides is 3. The van der Waals surface area contributed by atoms with Crippen molar-refractivity contribution in [1.82, 2.24) is 10.2 Å². The molecule has 5 nitrogen and oxygen atoms in total. The highest BCUT2D eigenvalue weighted by molar-refractivity contribution is 9.10. The molecule has 1 atom stereocenters. The monoisotopic (exact) mass is 353 g/mol. The Morgan fingerprint density at radius 3 is 2.71 bits per heavy atom. The Bertz CT molecular complexity index is 504. The average Bonchev–Trinajstić information content (AvgIpc) is 2.64. The van der Waals surface area contributed by atoms with Crippen LogP contribution in [0.1, 0.15) is 26.2 Å². The third kappa shape index (κ3) is 4.46. The Hall–Kier alpha value is -1.56. The third-order valence-corrected chi connectivity index (χ3v) is 4.10. The maximum absolute atomic E-state index is 12.3. The standard InChI is InChI=1S/C15H20BrN3O2/c1-2-19-10-4-3-5-13(14(19)20)18-15(21)17-12-8-6-11(16)7-9-12/h6-9,13H,2-5,10H2,1H3,(H2,17,18,21)/t13-/m0/s1. The van der Waals surface area contributed by atoms with Crippen molar-refractivity contribution in [3.8, 4) is 0 Å². The molecule has 1 saturated heterocycles. The maximum Gasteiger partial charge on any atom is 0.319 e. The van der Waals surface area contributed by atoms with Gasteiger partial charge in [-0.2, -0.15) is 0 Å². The summed E-state index contributed by atoms with van der Waals surface area (Å²) in [6.45, 7) is 3.43. The van der Waals surface area contributed by atoms with Gasteiger partial charge in [0.25, 0.3) is 0 Å². The SMILES string of the molecule is CCN1CCCC[C@H](NC(=O)Nc2ccc(Br)cc2)C1=O. The highest BCUT2D eigenvalue weighted by Crippen LogP contribution is 2.15. The van der Waals surface area contributed by atoms with Gasteiger partial charge in [0.05, 0.1) is 0 Å². The second-order valence-corrected chi connectivity index (χ2v) is 5.99. The van der Waals surface area contributed by atoms with Crippen LogP contribution in [-0.4, -0.2) is 36.0 Å². The zero-order chi connectivity index (χ0) is 15.2. The summed E-state index contributed by atoms with van der Waals surface area (Å²) >= 11 is 3.34. The van der Waals surface area contributed by atoms with Gasteiger partial charge < -0.3 is 15.5 Å². The molecule has 1 aromatic rings. The number of halogens is 1. The first-order valence-corrected chi connectivity index (χ1v) is 8.01. The Morgan fingerprint density at radius 2 is 2.05 bits per heavy atom. The molecule has 0 aliphatic carbocycles. The van der Waals surface area contributed by atoms with E-state index in [1.54, 1.807) is 17.0 Å². The largest absolute Gasteiger partial charge is 0.341 e. The van der Waals surface area contributed by atoms with Crippen molar-refractivity contribution in [2.24, 2.45) is 0 Å². The number of rotatable bonds is 3. The fraction of sp³-hybridized carbons (Fsp3) is 0.467. The molecule has 0 unspecified atom stereocenters. The van der Waals surface area contributed by atoms with Crippen molar-refractivity contribution >= 4 is 33.6 Å². The molecule has 2 N–H and O–H groups in total. The van der Waals surface area contributed by atoms with Crippen molar-refractivity contribution in [3.63, 3.8) is 0 Å². The second-order valence-electron chi connectivity index (χ2n) is 5.07. The highest BCUT2D eigenvalue weighted by Gasteiger charge is 2.27. The molecule has 0 bridgehead atoms. The van der Waals surface area contributed by atoms with Crippen LogP contribution in [0.15, 0.2) is 28.7 Å². The Kier molecular flexibility index (Phi) is 5.61. The van der Waals surface area contributed by atoms with Crippen LogP contribution in [0.25, 0.3) is 0 Å². The number of likely N-dealkylation sites (N-methyl/N-ethyl adjacent to an activating group) is 1. The van der Waals surface area contributed by atoms with Crippen LogP contribution in [0.5, 0.6) is 0 Å². The fourth-order valence-electron chi connectivity index (χ4n) is 2.41. The van der Waals surface area contributed by atoms with Crippen LogP contribution in [0.3, 0.4) is 0 Å². The second kappa shape index (κ2) is 7.45. The smallest absolute Gasteiger partial charge is 0.319 e. The van der Waals surface area contributed by atoms with Gasteiger partial charge in [0.15, 0.2) is 0 Å². The van der Waals surface area contributed by atoms with Crippen molar-refractivity contribution in [2.75, 3.05) is 18.4 Å². The molecule has 6 heteroatoms. The lowest BCUT2D eigenvalue weighted by atomic mass is 10.1. The van der Waals surface area contributed by atoms with E-state index >= 15 is 0 Å². The molecule has 0 aromatic heterocycles. The summed E-state index contributed by atoms with van der Waals surface area (Å²) in [4.78, 5) is 26.1. The lowest BCUT2D eigenvalue weighted by Crippen LogP contribution is -2.48. The van der Waals surface area contributed by atoms with Crippen LogP contribution < -0.4 is 10.6 Å². The molecular weight excluding hydrogens is 334 g/mol. The Labute approximate surface area is 133 Å². The number of likely N-dealkylation sites (tertiary alicyclic amines) is 1. The van der Waals surface area contributed by atoms with Crippen LogP contribution in [-0.2, 0) is 4.79 Å². The first kappa shape index (κ1) is 15.8. The van der Waals surface area contributed by atoms with Crippen molar-refractivity contribution < 1.29 is 9.59 Å². The molecule has 0 saturated carbocycles. The van der Waals surface area contributed by atoms with Gasteiger partial charge in [0, 0.05) is 23.2 Å². The number of benzene rings is 1. The highest BCUT2D eigenvalue weighted by atomic mass is 79.9. The van der Waals surface area contributed by atoms with Gasteiger partial charge in [0.1, 0.15) is 6.04 Å². The van der Waals surface area contributed by atoms with E-state index < -0.39 is 6.04 Å². The zero-order valence-electron chi connectivity index (χ0n) is 12.1. The summed E-state index contributed by atoms with van der Waals surface area (Å²) in [5, 5.41) is 5.53. The number of nitrogens with one attached hydrogen (secondary N) is 2. The molecular formula is C15H20BrN3O2. The van der Waals surface area contributed by atoms with E-state index in [0.717, 1.165) is 23.9 Å². The topological polar surface area (TPSA) is 61.4 Å². The molecule has 0 spiro atoms. The first-order valence-electron chi connectivity index (χ1n) is 7.22. The zero-order valence-corrected chi connectivity index (χ0v) is 13.6. The van der Waals surface area contributed by atoms with Crippen LogP contribution in [0, 0.1) is 0 Å². The Balaban J connectivity index is 1.94. The molecule has 21 heavy (non-hydrogen) atoms. The summed E-state index contributed by atoms with van der Waals surface area (Å²) in [6.07, 6.45) is 2.64. The van der Waals surface area contributed by atoms with Gasteiger partial charge in [-0.3, -0.25) is 4.79 Å². The first-order chi connectivity index (χ1) is 10.1. The molecule has 1 aromatic carbocycles. The van der Waals surface area contributed by atoms with Crippen molar-refractivity contribution in [2.45, 2.75) is 32.2 Å². The van der Waals surface area contributed by atoms with Gasteiger partial charge in [-0.1, -0.05) is 15.9 Å². The summed E-state index contributed by atoms with van der Waals surface area (Å²) in [5.41, 5.74) is 0.698. The predicted molar refractivity (Wildman–Crippen MR) is 86.2 cm³/mol. The summed E-state index contributed by atoms with van der Waals surface area (Å²) in [5.74, 6) is 0.0148. The van der Waals surface area contributed by atoms with Crippen LogP contribution in [0.2, 0.25) is 0 Å². The molecule has 1 fully saturated rings. The van der Waals surface area contributed by atoms with E-state index in [1.807, 2.05) is 19.1 Å². The molecule has 1 heterocycles. The molecule has 3 amide bonds. The number of carbonyl (C=O) groups is 2. The third-order valence-electron chi connectivity index (χ3n) is 3.57. The van der Waals surface area contributed by atoms with Gasteiger partial charge in [-0.05, 0) is 50.5 Å². The van der Waals surface area contributed by atoms with Gasteiger partial charge in [-0.15, -0.1) is 0 Å². The maximum atomic E-state index is 12.3.